The molecule has 1 N–H and O–H groups in total. The van der Waals surface area contributed by atoms with Crippen LogP contribution in [0.4, 0.5) is 13.2 Å². The third-order valence-electron chi connectivity index (χ3n) is 2.58. The van der Waals surface area contributed by atoms with E-state index in [1.54, 1.807) is 6.07 Å². The molecule has 0 bridgehead atoms. The number of hydrogen-bond donors (Lipinski definition) is 1. The molecule has 20 heavy (non-hydrogen) atoms. The molecule has 1 heterocycles. The lowest BCUT2D eigenvalue weighted by Crippen LogP contribution is -2.16. The molecule has 6 heteroatoms. The summed E-state index contributed by atoms with van der Waals surface area (Å²) in [4.78, 5) is 0. The summed E-state index contributed by atoms with van der Waals surface area (Å²) in [6.07, 6.45) is -4.68. The van der Waals surface area contributed by atoms with Crippen molar-refractivity contribution in [1.82, 2.24) is 5.32 Å². The van der Waals surface area contributed by atoms with E-state index in [-0.39, 0.29) is 5.75 Å². The Morgan fingerprint density at radius 1 is 1.10 bits per heavy atom. The summed E-state index contributed by atoms with van der Waals surface area (Å²) in [5.74, 6) is 1.13. The quantitative estimate of drug-likeness (QED) is 0.903. The van der Waals surface area contributed by atoms with Gasteiger partial charge in [-0.2, -0.15) is 0 Å². The number of benzene rings is 1. The maximum Gasteiger partial charge on any atom is 0.573 e. The second-order valence-electron chi connectivity index (χ2n) is 4.12. The van der Waals surface area contributed by atoms with E-state index in [4.69, 9.17) is 4.42 Å². The number of rotatable bonds is 5. The summed E-state index contributed by atoms with van der Waals surface area (Å²) in [5.41, 5.74) is 0.697. The molecule has 1 aromatic heterocycles. The molecule has 0 amide bonds. The molecule has 0 radical (unpaired) electrons. The lowest BCUT2D eigenvalue weighted by Gasteiger charge is -2.08. The molecular weight excluding hydrogens is 271 g/mol. The average molecular weight is 285 g/mol. The van der Waals surface area contributed by atoms with Crippen molar-refractivity contribution >= 4 is 0 Å². The molecule has 0 fully saturated rings. The maximum atomic E-state index is 12.0. The maximum absolute atomic E-state index is 12.0. The monoisotopic (exact) mass is 285 g/mol. The van der Waals surface area contributed by atoms with E-state index < -0.39 is 6.36 Å². The minimum absolute atomic E-state index is 0.249. The van der Waals surface area contributed by atoms with Crippen LogP contribution in [0.15, 0.2) is 40.8 Å². The minimum Gasteiger partial charge on any atom is -0.460 e. The average Bonchev–Trinajstić information content (AvgIpc) is 2.84. The molecule has 0 unspecified atom stereocenters. The standard InChI is InChI=1S/C14H14F3NO2/c1-2-18-9-12-7-8-13(19-12)10-3-5-11(6-4-10)20-14(15,16)17/h3-8,18H,2,9H2,1H3. The molecule has 2 rings (SSSR count). The van der Waals surface area contributed by atoms with E-state index in [0.29, 0.717) is 17.9 Å². The lowest BCUT2D eigenvalue weighted by molar-refractivity contribution is -0.274. The number of ether oxygens (including phenoxy) is 1. The van der Waals surface area contributed by atoms with Crippen molar-refractivity contribution < 1.29 is 22.3 Å². The fourth-order valence-corrected chi connectivity index (χ4v) is 1.70. The molecule has 1 aromatic carbocycles. The number of hydrogen-bond acceptors (Lipinski definition) is 3. The second kappa shape index (κ2) is 6.00. The Kier molecular flexibility index (Phi) is 4.34. The van der Waals surface area contributed by atoms with Crippen molar-refractivity contribution in [3.63, 3.8) is 0 Å². The van der Waals surface area contributed by atoms with Crippen LogP contribution >= 0.6 is 0 Å². The fraction of sp³-hybridized carbons (Fsp3) is 0.286. The predicted molar refractivity (Wildman–Crippen MR) is 68.2 cm³/mol. The van der Waals surface area contributed by atoms with Crippen molar-refractivity contribution in [3.05, 3.63) is 42.2 Å². The minimum atomic E-state index is -4.68. The van der Waals surface area contributed by atoms with E-state index >= 15 is 0 Å². The van der Waals surface area contributed by atoms with Crippen LogP contribution in [-0.4, -0.2) is 12.9 Å². The van der Waals surface area contributed by atoms with E-state index in [1.165, 1.54) is 24.3 Å². The van der Waals surface area contributed by atoms with Gasteiger partial charge < -0.3 is 14.5 Å². The molecule has 0 atom stereocenters. The van der Waals surface area contributed by atoms with Crippen molar-refractivity contribution in [2.24, 2.45) is 0 Å². The zero-order valence-corrected chi connectivity index (χ0v) is 10.8. The van der Waals surface area contributed by atoms with Gasteiger partial charge in [-0.15, -0.1) is 13.2 Å². The molecule has 0 spiro atoms. The first-order chi connectivity index (χ1) is 9.48. The Labute approximate surface area is 114 Å². The van der Waals surface area contributed by atoms with E-state index in [9.17, 15) is 13.2 Å². The Morgan fingerprint density at radius 2 is 1.80 bits per heavy atom. The Hall–Kier alpha value is -1.95. The molecule has 0 aliphatic heterocycles. The first-order valence-electron chi connectivity index (χ1n) is 6.13. The van der Waals surface area contributed by atoms with Gasteiger partial charge in [-0.25, -0.2) is 0 Å². The number of furan rings is 1. The predicted octanol–water partition coefficient (Wildman–Crippen LogP) is 3.95. The van der Waals surface area contributed by atoms with E-state index in [0.717, 1.165) is 12.3 Å². The third-order valence-corrected chi connectivity index (χ3v) is 2.58. The molecule has 0 aliphatic rings. The van der Waals surface area contributed by atoms with E-state index in [1.807, 2.05) is 13.0 Å². The molecule has 0 saturated heterocycles. The van der Waals surface area contributed by atoms with Crippen molar-refractivity contribution in [2.45, 2.75) is 19.8 Å². The molecule has 0 aliphatic carbocycles. The van der Waals surface area contributed by atoms with Gasteiger partial charge in [0, 0.05) is 5.56 Å². The van der Waals surface area contributed by atoms with Crippen LogP contribution in [0, 0.1) is 0 Å². The van der Waals surface area contributed by atoms with Crippen LogP contribution in [0.25, 0.3) is 11.3 Å². The molecule has 108 valence electrons. The first-order valence-corrected chi connectivity index (χ1v) is 6.13. The van der Waals surface area contributed by atoms with Gasteiger partial charge in [0.25, 0.3) is 0 Å². The van der Waals surface area contributed by atoms with Gasteiger partial charge in [-0.3, -0.25) is 0 Å². The Bertz CT molecular complexity index is 546. The largest absolute Gasteiger partial charge is 0.573 e. The number of nitrogens with one attached hydrogen (secondary N) is 1. The van der Waals surface area contributed by atoms with Gasteiger partial charge in [-0.1, -0.05) is 6.92 Å². The summed E-state index contributed by atoms with van der Waals surface area (Å²) in [6, 6.07) is 9.18. The van der Waals surface area contributed by atoms with Crippen LogP contribution < -0.4 is 10.1 Å². The smallest absolute Gasteiger partial charge is 0.460 e. The van der Waals surface area contributed by atoms with Crippen molar-refractivity contribution in [2.75, 3.05) is 6.54 Å². The van der Waals surface area contributed by atoms with Gasteiger partial charge >= 0.3 is 6.36 Å². The van der Waals surface area contributed by atoms with E-state index in [2.05, 4.69) is 10.1 Å². The van der Waals surface area contributed by atoms with Crippen LogP contribution in [0.3, 0.4) is 0 Å². The fourth-order valence-electron chi connectivity index (χ4n) is 1.70. The van der Waals surface area contributed by atoms with Gasteiger partial charge in [-0.05, 0) is 42.9 Å². The third kappa shape index (κ3) is 4.03. The first kappa shape index (κ1) is 14.5. The highest BCUT2D eigenvalue weighted by molar-refractivity contribution is 5.58. The zero-order chi connectivity index (χ0) is 14.6. The summed E-state index contributed by atoms with van der Waals surface area (Å²) in [6.45, 7) is 3.44. The van der Waals surface area contributed by atoms with Crippen molar-refractivity contribution in [1.29, 1.82) is 0 Å². The molecule has 3 nitrogen and oxygen atoms in total. The lowest BCUT2D eigenvalue weighted by atomic mass is 10.2. The zero-order valence-electron chi connectivity index (χ0n) is 10.8. The highest BCUT2D eigenvalue weighted by Crippen LogP contribution is 2.27. The number of alkyl halides is 3. The Morgan fingerprint density at radius 3 is 2.40 bits per heavy atom. The topological polar surface area (TPSA) is 34.4 Å². The van der Waals surface area contributed by atoms with Gasteiger partial charge in [0.15, 0.2) is 0 Å². The van der Waals surface area contributed by atoms with Crippen molar-refractivity contribution in [3.8, 4) is 17.1 Å². The second-order valence-corrected chi connectivity index (χ2v) is 4.12. The normalized spacial score (nSPS) is 11.6. The van der Waals surface area contributed by atoms with Crippen LogP contribution in [0.5, 0.6) is 5.75 Å². The SMILES string of the molecule is CCNCc1ccc(-c2ccc(OC(F)(F)F)cc2)o1. The van der Waals surface area contributed by atoms with Gasteiger partial charge in [0.05, 0.1) is 6.54 Å². The Balaban J connectivity index is 2.07. The van der Waals surface area contributed by atoms with Gasteiger partial charge in [0.2, 0.25) is 0 Å². The van der Waals surface area contributed by atoms with Crippen LogP contribution in [-0.2, 0) is 6.54 Å². The molecule has 2 aromatic rings. The highest BCUT2D eigenvalue weighted by atomic mass is 19.4. The summed E-state index contributed by atoms with van der Waals surface area (Å²) >= 11 is 0. The number of halogens is 3. The molecular formula is C14H14F3NO2. The van der Waals surface area contributed by atoms with Gasteiger partial charge in [0.1, 0.15) is 17.3 Å². The molecule has 0 saturated carbocycles. The van der Waals surface area contributed by atoms with Crippen LogP contribution in [0.1, 0.15) is 12.7 Å². The summed E-state index contributed by atoms with van der Waals surface area (Å²) in [7, 11) is 0. The van der Waals surface area contributed by atoms with Crippen LogP contribution in [0.2, 0.25) is 0 Å². The summed E-state index contributed by atoms with van der Waals surface area (Å²) in [5, 5.41) is 3.13. The highest BCUT2D eigenvalue weighted by Gasteiger charge is 2.30. The summed E-state index contributed by atoms with van der Waals surface area (Å²) < 4.78 is 45.5.